The van der Waals surface area contributed by atoms with Crippen LogP contribution in [-0.2, 0) is 9.47 Å². The van der Waals surface area contributed by atoms with Gasteiger partial charge in [0.2, 0.25) is 6.29 Å². The Hall–Kier alpha value is -0.120. The van der Waals surface area contributed by atoms with E-state index in [2.05, 4.69) is 5.32 Å². The van der Waals surface area contributed by atoms with Gasteiger partial charge >= 0.3 is 0 Å². The fourth-order valence-corrected chi connectivity index (χ4v) is 2.49. The molecule has 0 bridgehead atoms. The van der Waals surface area contributed by atoms with Crippen molar-refractivity contribution in [2.45, 2.75) is 57.3 Å². The van der Waals surface area contributed by atoms with E-state index in [1.54, 1.807) is 0 Å². The zero-order valence-corrected chi connectivity index (χ0v) is 9.62. The maximum atomic E-state index is 5.64. The van der Waals surface area contributed by atoms with Crippen molar-refractivity contribution in [2.24, 2.45) is 0 Å². The third kappa shape index (κ3) is 4.09. The third-order valence-electron chi connectivity index (χ3n) is 3.46. The van der Waals surface area contributed by atoms with E-state index < -0.39 is 0 Å². The highest BCUT2D eigenvalue weighted by molar-refractivity contribution is 4.62. The van der Waals surface area contributed by atoms with E-state index in [1.165, 1.54) is 32.1 Å². The minimum absolute atomic E-state index is 0.0504. The van der Waals surface area contributed by atoms with Gasteiger partial charge in [0.05, 0.1) is 19.3 Å². The lowest BCUT2D eigenvalue weighted by Crippen LogP contribution is -2.92. The molecule has 1 aliphatic heterocycles. The van der Waals surface area contributed by atoms with Crippen molar-refractivity contribution in [3.8, 4) is 0 Å². The molecule has 3 heteroatoms. The molecule has 0 aromatic heterocycles. The van der Waals surface area contributed by atoms with Gasteiger partial charge in [0.1, 0.15) is 6.54 Å². The molecule has 0 unspecified atom stereocenters. The first-order valence-electron chi connectivity index (χ1n) is 6.52. The smallest absolute Gasteiger partial charge is 0.207 e. The first-order valence-corrected chi connectivity index (χ1v) is 6.52. The summed E-state index contributed by atoms with van der Waals surface area (Å²) in [5.74, 6) is 0. The summed E-state index contributed by atoms with van der Waals surface area (Å²) in [6.07, 6.45) is 9.37. The summed E-state index contributed by atoms with van der Waals surface area (Å²) < 4.78 is 11.3. The molecule has 1 heterocycles. The van der Waals surface area contributed by atoms with Crippen molar-refractivity contribution in [3.63, 3.8) is 0 Å². The normalized spacial score (nSPS) is 26.4. The van der Waals surface area contributed by atoms with E-state index in [0.29, 0.717) is 0 Å². The Bertz CT molecular complexity index is 161. The summed E-state index contributed by atoms with van der Waals surface area (Å²) in [6, 6.07) is 0.828. The molecule has 0 amide bonds. The van der Waals surface area contributed by atoms with Crippen LogP contribution in [0.3, 0.4) is 0 Å². The summed E-state index contributed by atoms with van der Waals surface area (Å²) in [4.78, 5) is 0. The van der Waals surface area contributed by atoms with Gasteiger partial charge < -0.3 is 14.8 Å². The topological polar surface area (TPSA) is 35.1 Å². The van der Waals surface area contributed by atoms with E-state index in [9.17, 15) is 0 Å². The maximum absolute atomic E-state index is 5.64. The Morgan fingerprint density at radius 1 is 0.867 bits per heavy atom. The summed E-state index contributed by atoms with van der Waals surface area (Å²) in [5, 5.41) is 2.44. The predicted molar refractivity (Wildman–Crippen MR) is 58.6 cm³/mol. The van der Waals surface area contributed by atoms with Crippen LogP contribution in [0.4, 0.5) is 0 Å². The molecule has 2 rings (SSSR count). The first-order chi connectivity index (χ1) is 7.45. The van der Waals surface area contributed by atoms with Crippen LogP contribution in [-0.4, -0.2) is 32.1 Å². The molecule has 1 saturated heterocycles. The minimum Gasteiger partial charge on any atom is -0.348 e. The van der Waals surface area contributed by atoms with Crippen LogP contribution in [0.5, 0.6) is 0 Å². The van der Waals surface area contributed by atoms with Gasteiger partial charge in [0.15, 0.2) is 0 Å². The molecule has 0 aromatic carbocycles. The largest absolute Gasteiger partial charge is 0.348 e. The van der Waals surface area contributed by atoms with E-state index in [4.69, 9.17) is 9.47 Å². The molecule has 2 N–H and O–H groups in total. The van der Waals surface area contributed by atoms with Crippen LogP contribution in [0, 0.1) is 0 Å². The molecule has 2 fully saturated rings. The standard InChI is InChI=1S/C12H23NO2/c1-2-6-11(7-3-1)13-10-12-14-8-4-5-9-15-12/h11-13H,1-10H2/p+1. The molecule has 15 heavy (non-hydrogen) atoms. The lowest BCUT2D eigenvalue weighted by atomic mass is 9.95. The van der Waals surface area contributed by atoms with Crippen LogP contribution < -0.4 is 5.32 Å². The summed E-state index contributed by atoms with van der Waals surface area (Å²) >= 11 is 0. The Kier molecular flexibility index (Phi) is 4.90. The number of quaternary nitrogens is 1. The summed E-state index contributed by atoms with van der Waals surface area (Å²) in [5.41, 5.74) is 0. The van der Waals surface area contributed by atoms with Gasteiger partial charge in [0.25, 0.3) is 0 Å². The zero-order valence-electron chi connectivity index (χ0n) is 9.62. The molecular weight excluding hydrogens is 190 g/mol. The predicted octanol–water partition coefficient (Wildman–Crippen LogP) is 1.04. The fraction of sp³-hybridized carbons (Fsp3) is 1.00. The molecule has 2 aliphatic rings. The van der Waals surface area contributed by atoms with E-state index in [1.807, 2.05) is 0 Å². The fourth-order valence-electron chi connectivity index (χ4n) is 2.49. The van der Waals surface area contributed by atoms with Crippen molar-refractivity contribution in [1.82, 2.24) is 0 Å². The number of hydrogen-bond donors (Lipinski definition) is 1. The zero-order chi connectivity index (χ0) is 10.3. The van der Waals surface area contributed by atoms with Crippen LogP contribution in [0.1, 0.15) is 44.9 Å². The number of ether oxygens (including phenoxy) is 2. The molecule has 1 aliphatic carbocycles. The van der Waals surface area contributed by atoms with Gasteiger partial charge in [0, 0.05) is 0 Å². The van der Waals surface area contributed by atoms with Gasteiger partial charge in [-0.25, -0.2) is 0 Å². The SMILES string of the molecule is C1CCC([NH2+]CC2OCCCCO2)CC1. The Morgan fingerprint density at radius 3 is 2.20 bits per heavy atom. The second-order valence-corrected chi connectivity index (χ2v) is 4.75. The first kappa shape index (κ1) is 11.4. The number of nitrogens with two attached hydrogens (primary N) is 1. The van der Waals surface area contributed by atoms with Crippen molar-refractivity contribution in [1.29, 1.82) is 0 Å². The highest BCUT2D eigenvalue weighted by Crippen LogP contribution is 2.14. The third-order valence-corrected chi connectivity index (χ3v) is 3.46. The van der Waals surface area contributed by atoms with Crippen molar-refractivity contribution >= 4 is 0 Å². The lowest BCUT2D eigenvalue weighted by Gasteiger charge is -2.22. The molecule has 0 aromatic rings. The highest BCUT2D eigenvalue weighted by atomic mass is 16.7. The number of rotatable bonds is 3. The molecule has 0 atom stereocenters. The summed E-state index contributed by atoms with van der Waals surface area (Å²) in [7, 11) is 0. The monoisotopic (exact) mass is 214 g/mol. The molecular formula is C12H24NO2+. The van der Waals surface area contributed by atoms with Crippen molar-refractivity contribution < 1.29 is 14.8 Å². The van der Waals surface area contributed by atoms with E-state index in [0.717, 1.165) is 38.6 Å². The summed E-state index contributed by atoms with van der Waals surface area (Å²) in [6.45, 7) is 2.75. The average Bonchev–Trinajstić information content (AvgIpc) is 2.56. The average molecular weight is 214 g/mol. The van der Waals surface area contributed by atoms with Crippen molar-refractivity contribution in [2.75, 3.05) is 19.8 Å². The Morgan fingerprint density at radius 2 is 1.53 bits per heavy atom. The highest BCUT2D eigenvalue weighted by Gasteiger charge is 2.20. The molecule has 3 nitrogen and oxygen atoms in total. The quantitative estimate of drug-likeness (QED) is 0.761. The Labute approximate surface area is 92.5 Å². The lowest BCUT2D eigenvalue weighted by molar-refractivity contribution is -0.703. The van der Waals surface area contributed by atoms with Gasteiger partial charge in [-0.15, -0.1) is 0 Å². The van der Waals surface area contributed by atoms with Crippen LogP contribution in [0.2, 0.25) is 0 Å². The number of hydrogen-bond acceptors (Lipinski definition) is 2. The van der Waals surface area contributed by atoms with Crippen LogP contribution in [0.25, 0.3) is 0 Å². The maximum Gasteiger partial charge on any atom is 0.207 e. The van der Waals surface area contributed by atoms with Gasteiger partial charge in [-0.1, -0.05) is 6.42 Å². The van der Waals surface area contributed by atoms with Crippen molar-refractivity contribution in [3.05, 3.63) is 0 Å². The molecule has 0 spiro atoms. The van der Waals surface area contributed by atoms with Gasteiger partial charge in [-0.3, -0.25) is 0 Å². The van der Waals surface area contributed by atoms with Gasteiger partial charge in [-0.05, 0) is 38.5 Å². The van der Waals surface area contributed by atoms with Crippen LogP contribution >= 0.6 is 0 Å². The molecule has 88 valence electrons. The minimum atomic E-state index is 0.0504. The van der Waals surface area contributed by atoms with Gasteiger partial charge in [-0.2, -0.15) is 0 Å². The Balaban J connectivity index is 1.62. The second kappa shape index (κ2) is 6.46. The second-order valence-electron chi connectivity index (χ2n) is 4.75. The molecule has 1 saturated carbocycles. The van der Waals surface area contributed by atoms with Crippen LogP contribution in [0.15, 0.2) is 0 Å². The van der Waals surface area contributed by atoms with E-state index >= 15 is 0 Å². The van der Waals surface area contributed by atoms with E-state index in [-0.39, 0.29) is 6.29 Å². The molecule has 0 radical (unpaired) electrons.